The van der Waals surface area contributed by atoms with Crippen molar-refractivity contribution in [2.45, 2.75) is 18.7 Å². The molecule has 0 atom stereocenters. The van der Waals surface area contributed by atoms with Crippen LogP contribution in [0.2, 0.25) is 5.02 Å². The van der Waals surface area contributed by atoms with E-state index < -0.39 is 6.43 Å². The van der Waals surface area contributed by atoms with E-state index in [0.29, 0.717) is 16.6 Å². The Morgan fingerprint density at radius 3 is 2.69 bits per heavy atom. The number of hydrogen-bond donors (Lipinski definition) is 0. The molecule has 72 valence electrons. The van der Waals surface area contributed by atoms with Gasteiger partial charge in [0.2, 0.25) is 0 Å². The van der Waals surface area contributed by atoms with E-state index in [0.717, 1.165) is 0 Å². The molecule has 0 N–H and O–H groups in total. The number of alkyl halides is 3. The lowest BCUT2D eigenvalue weighted by atomic mass is 10.1. The molecule has 0 radical (unpaired) electrons. The summed E-state index contributed by atoms with van der Waals surface area (Å²) in [5, 5.41) is 0.395. The monoisotopic (exact) mass is 269 g/mol. The van der Waals surface area contributed by atoms with Crippen LogP contribution in [0, 0.1) is 6.92 Å². The van der Waals surface area contributed by atoms with Crippen molar-refractivity contribution in [3.8, 4) is 0 Å². The SMILES string of the molecule is Cc1ncc(CBr)c(C(F)F)c1Cl. The first-order valence-corrected chi connectivity index (χ1v) is 5.05. The molecule has 0 aliphatic heterocycles. The van der Waals surface area contributed by atoms with Crippen molar-refractivity contribution < 1.29 is 8.78 Å². The van der Waals surface area contributed by atoms with E-state index >= 15 is 0 Å². The largest absolute Gasteiger partial charge is 0.265 e. The fourth-order valence-corrected chi connectivity index (χ4v) is 1.68. The lowest BCUT2D eigenvalue weighted by Gasteiger charge is -2.09. The fourth-order valence-electron chi connectivity index (χ4n) is 0.979. The first kappa shape index (κ1) is 10.9. The van der Waals surface area contributed by atoms with Crippen LogP contribution in [0.5, 0.6) is 0 Å². The van der Waals surface area contributed by atoms with Crippen molar-refractivity contribution in [2.24, 2.45) is 0 Å². The molecule has 0 unspecified atom stereocenters. The zero-order valence-corrected chi connectivity index (χ0v) is 9.16. The average molecular weight is 271 g/mol. The Kier molecular flexibility index (Phi) is 3.62. The summed E-state index contributed by atoms with van der Waals surface area (Å²) in [4.78, 5) is 3.90. The fraction of sp³-hybridized carbons (Fsp3) is 0.375. The van der Waals surface area contributed by atoms with Gasteiger partial charge in [0.15, 0.2) is 0 Å². The second kappa shape index (κ2) is 4.33. The molecule has 1 heterocycles. The molecule has 1 aromatic rings. The molecule has 0 saturated heterocycles. The van der Waals surface area contributed by atoms with Gasteiger partial charge in [-0.05, 0) is 12.5 Å². The maximum atomic E-state index is 12.5. The third-order valence-corrected chi connectivity index (χ3v) is 2.76. The molecule has 0 aromatic carbocycles. The lowest BCUT2D eigenvalue weighted by molar-refractivity contribution is 0.150. The molecule has 1 rings (SSSR count). The standard InChI is InChI=1S/C8H7BrClF2N/c1-4-7(10)6(8(11)12)5(2-9)3-13-4/h3,8H,2H2,1H3. The summed E-state index contributed by atoms with van der Waals surface area (Å²) in [5.74, 6) is 0. The van der Waals surface area contributed by atoms with Gasteiger partial charge in [0.25, 0.3) is 6.43 Å². The number of aryl methyl sites for hydroxylation is 1. The summed E-state index contributed by atoms with van der Waals surface area (Å²) in [5.41, 5.74) is 0.748. The topological polar surface area (TPSA) is 12.9 Å². The van der Waals surface area contributed by atoms with Crippen LogP contribution in [-0.2, 0) is 5.33 Å². The minimum atomic E-state index is -2.55. The summed E-state index contributed by atoms with van der Waals surface area (Å²) < 4.78 is 25.0. The molecule has 13 heavy (non-hydrogen) atoms. The Bertz CT molecular complexity index is 317. The lowest BCUT2D eigenvalue weighted by Crippen LogP contribution is -1.97. The molecule has 0 saturated carbocycles. The van der Waals surface area contributed by atoms with Crippen molar-refractivity contribution in [1.29, 1.82) is 0 Å². The zero-order chi connectivity index (χ0) is 10.0. The highest BCUT2D eigenvalue weighted by atomic mass is 79.9. The van der Waals surface area contributed by atoms with Crippen molar-refractivity contribution in [3.05, 3.63) is 28.0 Å². The van der Waals surface area contributed by atoms with E-state index in [4.69, 9.17) is 11.6 Å². The van der Waals surface area contributed by atoms with Gasteiger partial charge in [0.1, 0.15) is 0 Å². The van der Waals surface area contributed by atoms with Crippen LogP contribution < -0.4 is 0 Å². The summed E-state index contributed by atoms with van der Waals surface area (Å²) in [6.07, 6.45) is -1.14. The van der Waals surface area contributed by atoms with Gasteiger partial charge in [-0.3, -0.25) is 4.98 Å². The third-order valence-electron chi connectivity index (χ3n) is 1.68. The molecule has 0 spiro atoms. The van der Waals surface area contributed by atoms with E-state index in [1.165, 1.54) is 6.20 Å². The van der Waals surface area contributed by atoms with Gasteiger partial charge in [-0.15, -0.1) is 0 Å². The third kappa shape index (κ3) is 2.17. The first-order valence-electron chi connectivity index (χ1n) is 3.56. The summed E-state index contributed by atoms with van der Waals surface area (Å²) in [6, 6.07) is 0. The smallest absolute Gasteiger partial charge is 0.260 e. The van der Waals surface area contributed by atoms with E-state index in [1.807, 2.05) is 0 Å². The van der Waals surface area contributed by atoms with E-state index in [-0.39, 0.29) is 10.6 Å². The highest BCUT2D eigenvalue weighted by molar-refractivity contribution is 9.08. The Labute approximate surface area is 88.2 Å². The summed E-state index contributed by atoms with van der Waals surface area (Å²) in [7, 11) is 0. The van der Waals surface area contributed by atoms with E-state index in [9.17, 15) is 8.78 Å². The molecule has 1 aromatic heterocycles. The molecule has 1 nitrogen and oxygen atoms in total. The van der Waals surface area contributed by atoms with Gasteiger partial charge >= 0.3 is 0 Å². The second-order valence-electron chi connectivity index (χ2n) is 2.53. The first-order chi connectivity index (χ1) is 6.07. The van der Waals surface area contributed by atoms with Crippen LogP contribution in [0.15, 0.2) is 6.20 Å². The van der Waals surface area contributed by atoms with Crippen LogP contribution in [0.1, 0.15) is 23.2 Å². The second-order valence-corrected chi connectivity index (χ2v) is 3.47. The molecule has 0 amide bonds. The molecule has 0 aliphatic rings. The Balaban J connectivity index is 3.32. The van der Waals surface area contributed by atoms with Crippen molar-refractivity contribution in [3.63, 3.8) is 0 Å². The number of hydrogen-bond acceptors (Lipinski definition) is 1. The number of halogens is 4. The Morgan fingerprint density at radius 1 is 1.62 bits per heavy atom. The van der Waals surface area contributed by atoms with Crippen LogP contribution in [0.4, 0.5) is 8.78 Å². The number of nitrogens with zero attached hydrogens (tertiary/aromatic N) is 1. The quantitative estimate of drug-likeness (QED) is 0.743. The normalized spacial score (nSPS) is 10.9. The molecule has 0 bridgehead atoms. The van der Waals surface area contributed by atoms with Gasteiger partial charge in [-0.1, -0.05) is 27.5 Å². The maximum Gasteiger partial charge on any atom is 0.265 e. The molecular weight excluding hydrogens is 263 g/mol. The minimum absolute atomic E-state index is 0.0620. The molecule has 0 aliphatic carbocycles. The van der Waals surface area contributed by atoms with Crippen molar-refractivity contribution >= 4 is 27.5 Å². The highest BCUT2D eigenvalue weighted by Crippen LogP contribution is 2.32. The predicted molar refractivity (Wildman–Crippen MR) is 51.6 cm³/mol. The number of rotatable bonds is 2. The van der Waals surface area contributed by atoms with Gasteiger partial charge in [0, 0.05) is 17.1 Å². The van der Waals surface area contributed by atoms with Crippen LogP contribution in [-0.4, -0.2) is 4.98 Å². The molecular formula is C8H7BrClF2N. The van der Waals surface area contributed by atoms with Gasteiger partial charge in [-0.2, -0.15) is 0 Å². The van der Waals surface area contributed by atoms with Crippen LogP contribution >= 0.6 is 27.5 Å². The van der Waals surface area contributed by atoms with Gasteiger partial charge in [-0.25, -0.2) is 8.78 Å². The van der Waals surface area contributed by atoms with Crippen LogP contribution in [0.3, 0.4) is 0 Å². The van der Waals surface area contributed by atoms with Crippen molar-refractivity contribution in [1.82, 2.24) is 4.98 Å². The number of aromatic nitrogens is 1. The van der Waals surface area contributed by atoms with Gasteiger partial charge < -0.3 is 0 Å². The summed E-state index contributed by atoms with van der Waals surface area (Å²) in [6.45, 7) is 1.60. The Morgan fingerprint density at radius 2 is 2.23 bits per heavy atom. The minimum Gasteiger partial charge on any atom is -0.260 e. The average Bonchev–Trinajstić information content (AvgIpc) is 2.08. The maximum absolute atomic E-state index is 12.5. The van der Waals surface area contributed by atoms with E-state index in [1.54, 1.807) is 6.92 Å². The summed E-state index contributed by atoms with van der Waals surface area (Å²) >= 11 is 8.81. The van der Waals surface area contributed by atoms with Crippen molar-refractivity contribution in [2.75, 3.05) is 0 Å². The predicted octanol–water partition coefficient (Wildman–Crippen LogP) is 3.88. The van der Waals surface area contributed by atoms with Crippen LogP contribution in [0.25, 0.3) is 0 Å². The Hall–Kier alpha value is -0.220. The highest BCUT2D eigenvalue weighted by Gasteiger charge is 2.18. The van der Waals surface area contributed by atoms with E-state index in [2.05, 4.69) is 20.9 Å². The zero-order valence-electron chi connectivity index (χ0n) is 6.82. The van der Waals surface area contributed by atoms with Gasteiger partial charge in [0.05, 0.1) is 10.7 Å². The number of pyridine rings is 1. The molecule has 5 heteroatoms. The molecule has 0 fully saturated rings.